The number of hydrogen-bond acceptors (Lipinski definition) is 2. The minimum absolute atomic E-state index is 0.289. The Morgan fingerprint density at radius 2 is 1.94 bits per heavy atom. The van der Waals surface area contributed by atoms with Crippen molar-refractivity contribution in [2.24, 2.45) is 0 Å². The van der Waals surface area contributed by atoms with Crippen LogP contribution in [0.2, 0.25) is 0 Å². The molecule has 0 atom stereocenters. The Labute approximate surface area is 99.6 Å². The van der Waals surface area contributed by atoms with Crippen LogP contribution in [0.5, 0.6) is 0 Å². The number of alkyl halides is 2. The molecule has 0 bridgehead atoms. The van der Waals surface area contributed by atoms with Gasteiger partial charge >= 0.3 is 0 Å². The molecule has 0 saturated carbocycles. The predicted octanol–water partition coefficient (Wildman–Crippen LogP) is 1.81. The van der Waals surface area contributed by atoms with E-state index in [1.165, 1.54) is 12.1 Å². The van der Waals surface area contributed by atoms with E-state index in [0.717, 1.165) is 4.47 Å². The molecule has 3 nitrogen and oxygen atoms in total. The maximum Gasteiger partial charge on any atom is 0.287 e. The zero-order chi connectivity index (χ0) is 12.2. The number of amides is 1. The third kappa shape index (κ3) is 3.86. The van der Waals surface area contributed by atoms with E-state index >= 15 is 0 Å². The summed E-state index contributed by atoms with van der Waals surface area (Å²) in [4.78, 5) is 11.4. The molecule has 0 heterocycles. The van der Waals surface area contributed by atoms with Crippen LogP contribution in [0, 0.1) is 0 Å². The van der Waals surface area contributed by atoms with Crippen molar-refractivity contribution < 1.29 is 18.7 Å². The summed E-state index contributed by atoms with van der Waals surface area (Å²) in [5.41, 5.74) is 0.289. The molecule has 2 N–H and O–H groups in total. The largest absolute Gasteiger partial charge is 0.390 e. The fraction of sp³-hybridized carbons (Fsp3) is 0.300. The lowest BCUT2D eigenvalue weighted by atomic mass is 10.2. The molecular weight excluding hydrogens is 284 g/mol. The number of nitrogens with one attached hydrogen (secondary N) is 1. The number of aliphatic hydroxyl groups excluding tert-OH is 1. The van der Waals surface area contributed by atoms with E-state index in [2.05, 4.69) is 15.9 Å². The number of rotatable bonds is 4. The van der Waals surface area contributed by atoms with E-state index in [4.69, 9.17) is 5.11 Å². The molecule has 1 amide bonds. The number of halogens is 3. The maximum atomic E-state index is 12.6. The molecule has 0 saturated heterocycles. The molecule has 1 rings (SSSR count). The predicted molar refractivity (Wildman–Crippen MR) is 58.5 cm³/mol. The van der Waals surface area contributed by atoms with Gasteiger partial charge in [0, 0.05) is 10.0 Å². The van der Waals surface area contributed by atoms with Crippen molar-refractivity contribution in [3.05, 3.63) is 34.3 Å². The zero-order valence-electron chi connectivity index (χ0n) is 8.21. The first-order valence-electron chi connectivity index (χ1n) is 4.47. The molecule has 0 aliphatic rings. The van der Waals surface area contributed by atoms with Gasteiger partial charge in [0.15, 0.2) is 0 Å². The molecule has 0 aromatic heterocycles. The zero-order valence-corrected chi connectivity index (χ0v) is 9.80. The lowest BCUT2D eigenvalue weighted by molar-refractivity contribution is -0.0462. The van der Waals surface area contributed by atoms with Gasteiger partial charge in [-0.3, -0.25) is 4.79 Å². The quantitative estimate of drug-likeness (QED) is 0.889. The molecule has 0 spiro atoms. The van der Waals surface area contributed by atoms with Crippen LogP contribution in [0.1, 0.15) is 10.4 Å². The first-order valence-corrected chi connectivity index (χ1v) is 5.26. The summed E-state index contributed by atoms with van der Waals surface area (Å²) in [5.74, 6) is -3.88. The Kier molecular flexibility index (Phi) is 4.37. The van der Waals surface area contributed by atoms with Gasteiger partial charge in [0.05, 0.1) is 6.54 Å². The van der Waals surface area contributed by atoms with Gasteiger partial charge in [0.1, 0.15) is 6.61 Å². The summed E-state index contributed by atoms with van der Waals surface area (Å²) < 4.78 is 26.0. The standard InChI is InChI=1S/C10H10BrF2NO2/c11-8-3-1-7(2-4-8)9(16)14-5-10(12,13)6-15/h1-4,15H,5-6H2,(H,14,16). The second-order valence-corrected chi connectivity index (χ2v) is 4.12. The lowest BCUT2D eigenvalue weighted by Gasteiger charge is -2.13. The van der Waals surface area contributed by atoms with E-state index in [1.54, 1.807) is 12.1 Å². The van der Waals surface area contributed by atoms with Crippen LogP contribution in [0.3, 0.4) is 0 Å². The van der Waals surface area contributed by atoms with Crippen molar-refractivity contribution in [1.29, 1.82) is 0 Å². The Morgan fingerprint density at radius 3 is 2.44 bits per heavy atom. The molecule has 1 aromatic rings. The van der Waals surface area contributed by atoms with Gasteiger partial charge in [-0.25, -0.2) is 8.78 Å². The van der Waals surface area contributed by atoms with Crippen molar-refractivity contribution in [3.8, 4) is 0 Å². The Morgan fingerprint density at radius 1 is 1.38 bits per heavy atom. The van der Waals surface area contributed by atoms with Gasteiger partial charge in [-0.1, -0.05) is 15.9 Å². The Hall–Kier alpha value is -1.01. The van der Waals surface area contributed by atoms with Crippen LogP contribution < -0.4 is 5.32 Å². The fourth-order valence-corrected chi connectivity index (χ4v) is 1.23. The average molecular weight is 294 g/mol. The third-order valence-electron chi connectivity index (χ3n) is 1.85. The van der Waals surface area contributed by atoms with E-state index in [9.17, 15) is 13.6 Å². The molecule has 16 heavy (non-hydrogen) atoms. The number of aliphatic hydroxyl groups is 1. The summed E-state index contributed by atoms with van der Waals surface area (Å²) in [5, 5.41) is 10.4. The van der Waals surface area contributed by atoms with E-state index in [1.807, 2.05) is 5.32 Å². The second-order valence-electron chi connectivity index (χ2n) is 3.20. The first-order chi connectivity index (χ1) is 7.44. The molecule has 0 aliphatic carbocycles. The summed E-state index contributed by atoms with van der Waals surface area (Å²) in [6.07, 6.45) is 0. The Bertz CT molecular complexity index is 368. The third-order valence-corrected chi connectivity index (χ3v) is 2.37. The van der Waals surface area contributed by atoms with Crippen molar-refractivity contribution in [2.45, 2.75) is 5.92 Å². The molecule has 0 aliphatic heterocycles. The highest BCUT2D eigenvalue weighted by molar-refractivity contribution is 9.10. The van der Waals surface area contributed by atoms with Gasteiger partial charge in [-0.05, 0) is 24.3 Å². The first kappa shape index (κ1) is 13.1. The number of hydrogen-bond donors (Lipinski definition) is 2. The molecule has 0 unspecified atom stereocenters. The van der Waals surface area contributed by atoms with Crippen molar-refractivity contribution in [1.82, 2.24) is 5.32 Å². The smallest absolute Gasteiger partial charge is 0.287 e. The SMILES string of the molecule is O=C(NCC(F)(F)CO)c1ccc(Br)cc1. The number of carbonyl (C=O) groups excluding carboxylic acids is 1. The van der Waals surface area contributed by atoms with Gasteiger partial charge in [0.25, 0.3) is 11.8 Å². The minimum atomic E-state index is -3.29. The van der Waals surface area contributed by atoms with Gasteiger partial charge in [-0.2, -0.15) is 0 Å². The molecule has 1 aromatic carbocycles. The van der Waals surface area contributed by atoms with Crippen molar-refractivity contribution >= 4 is 21.8 Å². The summed E-state index contributed by atoms with van der Waals surface area (Å²) >= 11 is 3.19. The number of benzene rings is 1. The summed E-state index contributed by atoms with van der Waals surface area (Å²) in [7, 11) is 0. The maximum absolute atomic E-state index is 12.6. The highest BCUT2D eigenvalue weighted by atomic mass is 79.9. The van der Waals surface area contributed by atoms with E-state index < -0.39 is 25.0 Å². The van der Waals surface area contributed by atoms with Crippen LogP contribution in [-0.4, -0.2) is 30.1 Å². The topological polar surface area (TPSA) is 49.3 Å². The highest BCUT2D eigenvalue weighted by Gasteiger charge is 2.28. The van der Waals surface area contributed by atoms with Crippen LogP contribution in [0.4, 0.5) is 8.78 Å². The van der Waals surface area contributed by atoms with E-state index in [0.29, 0.717) is 0 Å². The Balaban J connectivity index is 2.56. The van der Waals surface area contributed by atoms with Gasteiger partial charge in [0.2, 0.25) is 0 Å². The lowest BCUT2D eigenvalue weighted by Crippen LogP contribution is -2.38. The molecule has 0 radical (unpaired) electrons. The minimum Gasteiger partial charge on any atom is -0.390 e. The van der Waals surface area contributed by atoms with Crippen LogP contribution in [0.25, 0.3) is 0 Å². The van der Waals surface area contributed by atoms with Crippen molar-refractivity contribution in [2.75, 3.05) is 13.2 Å². The average Bonchev–Trinajstić information content (AvgIpc) is 2.27. The molecule has 0 fully saturated rings. The molecule has 88 valence electrons. The second kappa shape index (κ2) is 5.36. The highest BCUT2D eigenvalue weighted by Crippen LogP contribution is 2.12. The summed E-state index contributed by atoms with van der Waals surface area (Å²) in [6, 6.07) is 6.30. The van der Waals surface area contributed by atoms with Gasteiger partial charge < -0.3 is 10.4 Å². The van der Waals surface area contributed by atoms with E-state index in [-0.39, 0.29) is 5.56 Å². The van der Waals surface area contributed by atoms with Crippen molar-refractivity contribution in [3.63, 3.8) is 0 Å². The van der Waals surface area contributed by atoms with Crippen LogP contribution in [-0.2, 0) is 0 Å². The molecule has 6 heteroatoms. The summed E-state index contributed by atoms with van der Waals surface area (Å²) in [6.45, 7) is -2.16. The van der Waals surface area contributed by atoms with Gasteiger partial charge in [-0.15, -0.1) is 0 Å². The normalized spacial score (nSPS) is 11.2. The fourth-order valence-electron chi connectivity index (χ4n) is 0.969. The van der Waals surface area contributed by atoms with Crippen LogP contribution >= 0.6 is 15.9 Å². The van der Waals surface area contributed by atoms with Crippen LogP contribution in [0.15, 0.2) is 28.7 Å². The molecular formula is C10H10BrF2NO2. The monoisotopic (exact) mass is 293 g/mol. The number of carbonyl (C=O) groups is 1.